The van der Waals surface area contributed by atoms with Crippen molar-refractivity contribution >= 4 is 5.91 Å². The minimum absolute atomic E-state index is 0.00563. The van der Waals surface area contributed by atoms with Gasteiger partial charge >= 0.3 is 0 Å². The molecule has 0 aromatic carbocycles. The van der Waals surface area contributed by atoms with E-state index in [1.165, 1.54) is 116 Å². The van der Waals surface area contributed by atoms with Crippen molar-refractivity contribution in [2.45, 2.75) is 290 Å². The quantitative estimate of drug-likeness (QED) is 0.246. The van der Waals surface area contributed by atoms with E-state index in [1.54, 1.807) is 0 Å². The second-order valence-corrected chi connectivity index (χ2v) is 34.4. The van der Waals surface area contributed by atoms with Crippen molar-refractivity contribution in [2.24, 2.45) is 114 Å². The van der Waals surface area contributed by atoms with Crippen LogP contribution in [0.1, 0.15) is 261 Å². The number of likely N-dealkylation sites (tertiary alicyclic amines) is 1. The van der Waals surface area contributed by atoms with Crippen molar-refractivity contribution in [3.63, 3.8) is 0 Å². The lowest BCUT2D eigenvalue weighted by atomic mass is 9.26. The maximum Gasteiger partial charge on any atom is 0.225 e. The average Bonchev–Trinajstić information content (AvgIpc) is 3.82. The molecule has 3 heterocycles. The van der Waals surface area contributed by atoms with Crippen LogP contribution in [0.25, 0.3) is 0 Å². The summed E-state index contributed by atoms with van der Waals surface area (Å²) in [6.07, 6.45) is 28.9. The van der Waals surface area contributed by atoms with Gasteiger partial charge in [-0.05, 0) is 215 Å². The van der Waals surface area contributed by atoms with Gasteiger partial charge in [-0.15, -0.1) is 0 Å². The molecule has 6 aliphatic carbocycles. The number of rotatable bonds is 8. The normalized spacial score (nSPS) is 57.3. The molecular weight excluding hydrogens is 877 g/mol. The topological polar surface area (TPSA) is 41.6 Å². The molecule has 2 bridgehead atoms. The Morgan fingerprint density at radius 3 is 1.12 bits per heavy atom. The van der Waals surface area contributed by atoms with Crippen LogP contribution in [-0.2, 0) is 9.53 Å². The van der Waals surface area contributed by atoms with Gasteiger partial charge in [-0.25, -0.2) is 0 Å². The molecule has 4 heteroatoms. The highest BCUT2D eigenvalue weighted by Gasteiger charge is 2.98. The van der Waals surface area contributed by atoms with E-state index in [9.17, 15) is 4.74 Å². The molecule has 2 saturated heterocycles. The Hall–Kier alpha value is -0.870. The standard InChI is InChI=1S/C68H118N2O2/c1-43-24-44(2)31-59(16,30-43)55-67(62(19)36-49(7)27-50(8)37-62)65(42-69-57(71)58(13,14)15)22-23-66(72-65,61(18)34-47(5)26-48(6)35-61)68(67,63(20)38-51(9)28-52(10)39-63)56(60(17)32-45(3)25-46(4)33-60)70(55)64(21)40-53(11)29-54(12)41-64/h22-23,43-56H,24-42H2,1-21H3,(H,69,71). The fourth-order valence-corrected chi connectivity index (χ4v) is 26.0. The fraction of sp³-hybridized carbons (Fsp3) is 0.956. The Balaban J connectivity index is 1.58. The minimum atomic E-state index is -0.700. The molecule has 9 aliphatic rings. The number of amides is 1. The molecule has 6 saturated carbocycles. The first-order valence-corrected chi connectivity index (χ1v) is 31.6. The summed E-state index contributed by atoms with van der Waals surface area (Å²) >= 11 is 0. The van der Waals surface area contributed by atoms with Gasteiger partial charge < -0.3 is 10.1 Å². The second-order valence-electron chi connectivity index (χ2n) is 34.4. The average molecular weight is 996 g/mol. The number of carbonyl (C=O) groups is 1. The van der Waals surface area contributed by atoms with Gasteiger partial charge in [-0.1, -0.05) is 151 Å². The first-order chi connectivity index (χ1) is 33.1. The van der Waals surface area contributed by atoms with Crippen LogP contribution in [0, 0.1) is 114 Å². The zero-order valence-corrected chi connectivity index (χ0v) is 51.4. The summed E-state index contributed by atoms with van der Waals surface area (Å²) in [4.78, 5) is 18.8. The predicted molar refractivity (Wildman–Crippen MR) is 304 cm³/mol. The van der Waals surface area contributed by atoms with E-state index in [0.29, 0.717) is 83.6 Å². The van der Waals surface area contributed by atoms with E-state index >= 15 is 4.79 Å². The molecule has 18 unspecified atom stereocenters. The lowest BCUT2D eigenvalue weighted by molar-refractivity contribution is -0.249. The van der Waals surface area contributed by atoms with Crippen LogP contribution in [0.4, 0.5) is 0 Å². The van der Waals surface area contributed by atoms with Crippen molar-refractivity contribution in [1.82, 2.24) is 10.2 Å². The molecule has 72 heavy (non-hydrogen) atoms. The molecule has 412 valence electrons. The Morgan fingerprint density at radius 1 is 0.458 bits per heavy atom. The Morgan fingerprint density at radius 2 is 0.764 bits per heavy atom. The summed E-state index contributed by atoms with van der Waals surface area (Å²) in [6, 6.07) is 0.591. The van der Waals surface area contributed by atoms with Crippen LogP contribution >= 0.6 is 0 Å². The summed E-state index contributed by atoms with van der Waals surface area (Å²) < 4.78 is 9.40. The second kappa shape index (κ2) is 18.1. The van der Waals surface area contributed by atoms with Gasteiger partial charge in [0.25, 0.3) is 0 Å². The first kappa shape index (κ1) is 55.9. The zero-order chi connectivity index (χ0) is 53.0. The lowest BCUT2D eigenvalue weighted by Gasteiger charge is -2.74. The molecule has 1 N–H and O–H groups in total. The van der Waals surface area contributed by atoms with Crippen LogP contribution in [-0.4, -0.2) is 46.2 Å². The van der Waals surface area contributed by atoms with E-state index < -0.39 is 16.6 Å². The van der Waals surface area contributed by atoms with Crippen LogP contribution < -0.4 is 5.32 Å². The number of hydrogen-bond acceptors (Lipinski definition) is 3. The number of ether oxygens (including phenoxy) is 1. The van der Waals surface area contributed by atoms with Crippen molar-refractivity contribution in [3.8, 4) is 0 Å². The summed E-state index contributed by atoms with van der Waals surface area (Å²) in [5, 5.41) is 3.96. The minimum Gasteiger partial charge on any atom is -0.357 e. The summed E-state index contributed by atoms with van der Waals surface area (Å²) in [5.74, 6) is 7.97. The van der Waals surface area contributed by atoms with E-state index in [-0.39, 0.29) is 55.4 Å². The predicted octanol–water partition coefficient (Wildman–Crippen LogP) is 17.8. The number of carbonyl (C=O) groups excluding carboxylic acids is 1. The van der Waals surface area contributed by atoms with Crippen LogP contribution in [0.5, 0.6) is 0 Å². The Kier molecular flexibility index (Phi) is 14.0. The van der Waals surface area contributed by atoms with Gasteiger partial charge in [0, 0.05) is 39.3 Å². The van der Waals surface area contributed by atoms with E-state index in [4.69, 9.17) is 0 Å². The van der Waals surface area contributed by atoms with Crippen molar-refractivity contribution in [1.29, 1.82) is 0 Å². The lowest BCUT2D eigenvalue weighted by Crippen LogP contribution is -2.78. The molecule has 3 aliphatic heterocycles. The molecule has 0 radical (unpaired) electrons. The number of hydrogen-bond donors (Lipinski definition) is 1. The smallest absolute Gasteiger partial charge is 0.225 e. The van der Waals surface area contributed by atoms with Crippen molar-refractivity contribution in [3.05, 3.63) is 12.2 Å². The highest BCUT2D eigenvalue weighted by Crippen LogP contribution is 2.92. The summed E-state index contributed by atoms with van der Waals surface area (Å²) in [6.45, 7) is 56.5. The van der Waals surface area contributed by atoms with Gasteiger partial charge in [0.2, 0.25) is 5.91 Å². The van der Waals surface area contributed by atoms with Gasteiger partial charge in [0.05, 0.1) is 6.54 Å². The maximum absolute atomic E-state index is 15.1. The zero-order valence-electron chi connectivity index (χ0n) is 51.4. The third-order valence-corrected chi connectivity index (χ3v) is 24.6. The number of fused-ring (bicyclic) bond motifs is 5. The van der Waals surface area contributed by atoms with Gasteiger partial charge in [-0.3, -0.25) is 9.69 Å². The molecule has 9 rings (SSSR count). The van der Waals surface area contributed by atoms with Gasteiger partial charge in [0.1, 0.15) is 11.2 Å². The van der Waals surface area contributed by atoms with E-state index in [0.717, 1.165) is 0 Å². The maximum atomic E-state index is 15.1. The first-order valence-electron chi connectivity index (χ1n) is 31.6. The van der Waals surface area contributed by atoms with Crippen molar-refractivity contribution in [2.75, 3.05) is 6.54 Å². The largest absolute Gasteiger partial charge is 0.357 e. The Labute approximate surface area is 446 Å². The molecule has 0 spiro atoms. The highest BCUT2D eigenvalue weighted by molar-refractivity contribution is 5.81. The van der Waals surface area contributed by atoms with Crippen LogP contribution in [0.15, 0.2) is 12.2 Å². The third kappa shape index (κ3) is 8.01. The molecule has 4 nitrogen and oxygen atoms in total. The highest BCUT2D eigenvalue weighted by atomic mass is 16.5. The number of nitrogens with one attached hydrogen (secondary N) is 1. The molecule has 18 atom stereocenters. The van der Waals surface area contributed by atoms with E-state index in [1.807, 2.05) is 0 Å². The van der Waals surface area contributed by atoms with E-state index in [2.05, 4.69) is 168 Å². The van der Waals surface area contributed by atoms with Gasteiger partial charge in [-0.2, -0.15) is 0 Å². The Bertz CT molecular complexity index is 1980. The molecule has 1 amide bonds. The summed E-state index contributed by atoms with van der Waals surface area (Å²) in [7, 11) is 0. The fourth-order valence-electron chi connectivity index (χ4n) is 26.0. The molecule has 8 fully saturated rings. The molecule has 0 aromatic rings. The SMILES string of the molecule is CC1CC(C)CC(C)(C2N(C3(C)CC(C)CC(C)C3)C(C3(C)CC(C)CC(C)C3)C3(C4(C)CC(C)CC(C)C4)C4(C5(C)CC(C)CC(C)C5)C=CC(CNC(=O)C(C)(C)C)(O4)C23C2(C)CC(C)CC(C)C2)C1. The van der Waals surface area contributed by atoms with Gasteiger partial charge in [0.15, 0.2) is 0 Å². The van der Waals surface area contributed by atoms with Crippen molar-refractivity contribution < 1.29 is 9.53 Å². The summed E-state index contributed by atoms with van der Waals surface area (Å²) in [5.41, 5.74) is -2.49. The van der Waals surface area contributed by atoms with Crippen LogP contribution in [0.2, 0.25) is 0 Å². The molecular formula is C68H118N2O2. The number of nitrogens with zero attached hydrogens (tertiary/aromatic N) is 1. The third-order valence-electron chi connectivity index (χ3n) is 24.6. The molecule has 0 aromatic heterocycles. The van der Waals surface area contributed by atoms with Crippen LogP contribution in [0.3, 0.4) is 0 Å². The monoisotopic (exact) mass is 995 g/mol.